The summed E-state index contributed by atoms with van der Waals surface area (Å²) in [5.74, 6) is 0.367. The lowest BCUT2D eigenvalue weighted by Gasteiger charge is -2.14. The van der Waals surface area contributed by atoms with E-state index in [-0.39, 0.29) is 23.8 Å². The van der Waals surface area contributed by atoms with Crippen LogP contribution in [0.1, 0.15) is 37.3 Å². The van der Waals surface area contributed by atoms with E-state index < -0.39 is 0 Å². The number of nitrogens with one attached hydrogen (secondary N) is 2. The molecule has 0 bridgehead atoms. The van der Waals surface area contributed by atoms with Crippen molar-refractivity contribution in [2.75, 3.05) is 6.54 Å². The fraction of sp³-hybridized carbons (Fsp3) is 0.438. The molecule has 7 heteroatoms. The Morgan fingerprint density at radius 2 is 2.35 bits per heavy atom. The van der Waals surface area contributed by atoms with Gasteiger partial charge in [0.1, 0.15) is 11.9 Å². The number of carbonyl (C=O) groups is 1. The van der Waals surface area contributed by atoms with E-state index in [1.165, 1.54) is 6.07 Å². The molecule has 1 aliphatic heterocycles. The maximum absolute atomic E-state index is 13.3. The summed E-state index contributed by atoms with van der Waals surface area (Å²) in [7, 11) is 0. The van der Waals surface area contributed by atoms with Gasteiger partial charge in [0.05, 0.1) is 6.04 Å². The second-order valence-electron chi connectivity index (χ2n) is 5.80. The quantitative estimate of drug-likeness (QED) is 0.902. The first-order valence-electron chi connectivity index (χ1n) is 7.68. The zero-order valence-electron chi connectivity index (χ0n) is 13.1. The molecule has 3 rings (SSSR count). The van der Waals surface area contributed by atoms with Crippen LogP contribution in [0.4, 0.5) is 4.39 Å². The van der Waals surface area contributed by atoms with Crippen LogP contribution in [-0.4, -0.2) is 28.6 Å². The lowest BCUT2D eigenvalue weighted by atomic mass is 10.1. The first kappa shape index (κ1) is 15.6. The van der Waals surface area contributed by atoms with E-state index in [0.29, 0.717) is 22.8 Å². The van der Waals surface area contributed by atoms with Crippen molar-refractivity contribution in [3.63, 3.8) is 0 Å². The molecule has 2 aromatic rings. The number of nitrogens with zero attached hydrogens (tertiary/aromatic N) is 2. The van der Waals surface area contributed by atoms with Crippen LogP contribution in [0.5, 0.6) is 0 Å². The van der Waals surface area contributed by atoms with Gasteiger partial charge in [0, 0.05) is 5.56 Å². The lowest BCUT2D eigenvalue weighted by Crippen LogP contribution is -2.41. The molecule has 1 saturated heterocycles. The minimum Gasteiger partial charge on any atom is -0.343 e. The molecule has 2 heterocycles. The summed E-state index contributed by atoms with van der Waals surface area (Å²) in [6, 6.07) is 4.10. The smallest absolute Gasteiger partial charge is 0.249 e. The second-order valence-corrected chi connectivity index (χ2v) is 5.80. The topological polar surface area (TPSA) is 80.0 Å². The molecule has 1 aromatic carbocycles. The molecular weight excluding hydrogens is 299 g/mol. The minimum atomic E-state index is -0.382. The molecule has 0 aliphatic carbocycles. The third-order valence-corrected chi connectivity index (χ3v) is 3.96. The Balaban J connectivity index is 1.70. The highest BCUT2D eigenvalue weighted by Gasteiger charge is 2.25. The van der Waals surface area contributed by atoms with E-state index in [4.69, 9.17) is 4.52 Å². The van der Waals surface area contributed by atoms with Crippen LogP contribution in [0, 0.1) is 12.7 Å². The Morgan fingerprint density at radius 1 is 1.52 bits per heavy atom. The Morgan fingerprint density at radius 3 is 3.04 bits per heavy atom. The third-order valence-electron chi connectivity index (χ3n) is 3.96. The van der Waals surface area contributed by atoms with Gasteiger partial charge in [-0.3, -0.25) is 4.79 Å². The third kappa shape index (κ3) is 3.39. The van der Waals surface area contributed by atoms with Crippen molar-refractivity contribution in [3.05, 3.63) is 35.5 Å². The number of carbonyl (C=O) groups excluding carboxylic acids is 1. The van der Waals surface area contributed by atoms with Gasteiger partial charge in [-0.15, -0.1) is 0 Å². The summed E-state index contributed by atoms with van der Waals surface area (Å²) in [5, 5.41) is 9.91. The molecule has 1 aliphatic rings. The van der Waals surface area contributed by atoms with Crippen LogP contribution in [0.15, 0.2) is 22.7 Å². The highest BCUT2D eigenvalue weighted by Crippen LogP contribution is 2.21. The van der Waals surface area contributed by atoms with Crippen molar-refractivity contribution in [2.45, 2.75) is 38.8 Å². The molecule has 1 amide bonds. The van der Waals surface area contributed by atoms with Crippen LogP contribution in [0.25, 0.3) is 11.4 Å². The minimum absolute atomic E-state index is 0.0626. The Hall–Kier alpha value is -2.28. The Kier molecular flexibility index (Phi) is 4.38. The summed E-state index contributed by atoms with van der Waals surface area (Å²) in [6.07, 6.45) is 1.84. The van der Waals surface area contributed by atoms with Gasteiger partial charge in [-0.25, -0.2) is 4.39 Å². The number of halogens is 1. The van der Waals surface area contributed by atoms with E-state index in [0.717, 1.165) is 19.4 Å². The standard InChI is InChI=1S/C16H19FN4O2/c1-9-8-11(5-6-12(9)17)14-20-16(23-21-14)10(2)19-15(22)13-4-3-7-18-13/h5-6,8,10,13,18H,3-4,7H2,1-2H3,(H,19,22). The van der Waals surface area contributed by atoms with E-state index in [1.807, 2.05) is 0 Å². The maximum Gasteiger partial charge on any atom is 0.249 e. The van der Waals surface area contributed by atoms with Gasteiger partial charge in [0.25, 0.3) is 0 Å². The van der Waals surface area contributed by atoms with Crippen molar-refractivity contribution in [1.82, 2.24) is 20.8 Å². The summed E-state index contributed by atoms with van der Waals surface area (Å²) in [4.78, 5) is 16.4. The van der Waals surface area contributed by atoms with Crippen LogP contribution in [-0.2, 0) is 4.79 Å². The van der Waals surface area contributed by atoms with Crippen molar-refractivity contribution in [1.29, 1.82) is 0 Å². The average molecular weight is 318 g/mol. The Bertz CT molecular complexity index is 710. The first-order chi connectivity index (χ1) is 11.0. The monoisotopic (exact) mass is 318 g/mol. The zero-order valence-corrected chi connectivity index (χ0v) is 13.1. The van der Waals surface area contributed by atoms with Gasteiger partial charge in [-0.1, -0.05) is 5.16 Å². The van der Waals surface area contributed by atoms with E-state index in [1.54, 1.807) is 26.0 Å². The highest BCUT2D eigenvalue weighted by atomic mass is 19.1. The molecular formula is C16H19FN4O2. The van der Waals surface area contributed by atoms with Gasteiger partial charge in [-0.05, 0) is 57.0 Å². The van der Waals surface area contributed by atoms with Crippen LogP contribution in [0.2, 0.25) is 0 Å². The number of rotatable bonds is 4. The van der Waals surface area contributed by atoms with Gasteiger partial charge >= 0.3 is 0 Å². The zero-order chi connectivity index (χ0) is 16.4. The molecule has 1 fully saturated rings. The summed E-state index contributed by atoms with van der Waals surface area (Å²) < 4.78 is 18.5. The molecule has 23 heavy (non-hydrogen) atoms. The summed E-state index contributed by atoms with van der Waals surface area (Å²) >= 11 is 0. The second kappa shape index (κ2) is 6.45. The van der Waals surface area contributed by atoms with Crippen LogP contribution >= 0.6 is 0 Å². The van der Waals surface area contributed by atoms with E-state index >= 15 is 0 Å². The van der Waals surface area contributed by atoms with E-state index in [9.17, 15) is 9.18 Å². The first-order valence-corrected chi connectivity index (χ1v) is 7.68. The number of aryl methyl sites for hydroxylation is 1. The van der Waals surface area contributed by atoms with Crippen molar-refractivity contribution < 1.29 is 13.7 Å². The van der Waals surface area contributed by atoms with Crippen molar-refractivity contribution in [3.8, 4) is 11.4 Å². The summed E-state index contributed by atoms with van der Waals surface area (Å²) in [5.41, 5.74) is 1.19. The largest absolute Gasteiger partial charge is 0.343 e. The lowest BCUT2D eigenvalue weighted by molar-refractivity contribution is -0.123. The van der Waals surface area contributed by atoms with Gasteiger partial charge in [0.2, 0.25) is 17.6 Å². The number of benzene rings is 1. The van der Waals surface area contributed by atoms with Gasteiger partial charge in [-0.2, -0.15) is 4.98 Å². The summed E-state index contributed by atoms with van der Waals surface area (Å²) in [6.45, 7) is 4.33. The number of amides is 1. The fourth-order valence-electron chi connectivity index (χ4n) is 2.60. The molecule has 2 N–H and O–H groups in total. The molecule has 0 saturated carbocycles. The SMILES string of the molecule is Cc1cc(-c2noc(C(C)NC(=O)C3CCCN3)n2)ccc1F. The average Bonchev–Trinajstić information content (AvgIpc) is 3.21. The predicted molar refractivity (Wildman–Crippen MR) is 82.0 cm³/mol. The molecule has 0 spiro atoms. The Labute approximate surface area is 133 Å². The predicted octanol–water partition coefficient (Wildman–Crippen LogP) is 2.11. The molecule has 6 nitrogen and oxygen atoms in total. The van der Waals surface area contributed by atoms with Crippen LogP contribution in [0.3, 0.4) is 0 Å². The van der Waals surface area contributed by atoms with Gasteiger partial charge < -0.3 is 15.2 Å². The van der Waals surface area contributed by atoms with Gasteiger partial charge in [0.15, 0.2) is 0 Å². The molecule has 122 valence electrons. The fourth-order valence-corrected chi connectivity index (χ4v) is 2.60. The number of hydrogen-bond acceptors (Lipinski definition) is 5. The molecule has 2 unspecified atom stereocenters. The van der Waals surface area contributed by atoms with Crippen molar-refractivity contribution >= 4 is 5.91 Å². The maximum atomic E-state index is 13.3. The molecule has 2 atom stereocenters. The number of hydrogen-bond donors (Lipinski definition) is 2. The normalized spacial score (nSPS) is 18.8. The van der Waals surface area contributed by atoms with E-state index in [2.05, 4.69) is 20.8 Å². The highest BCUT2D eigenvalue weighted by molar-refractivity contribution is 5.82. The molecule has 1 aromatic heterocycles. The molecule has 0 radical (unpaired) electrons. The van der Waals surface area contributed by atoms with Crippen molar-refractivity contribution in [2.24, 2.45) is 0 Å². The van der Waals surface area contributed by atoms with Crippen LogP contribution < -0.4 is 10.6 Å². The number of aromatic nitrogens is 2.